The summed E-state index contributed by atoms with van der Waals surface area (Å²) in [5.41, 5.74) is 0. The van der Waals surface area contributed by atoms with Crippen LogP contribution in [0.2, 0.25) is 0 Å². The summed E-state index contributed by atoms with van der Waals surface area (Å²) in [5, 5.41) is 7.58. The van der Waals surface area contributed by atoms with Gasteiger partial charge < -0.3 is 0 Å². The SMILES string of the molecule is [Fe+2].c1c[cH-]c(P(C23CC4CC(CC(C4)C2)C3)C23CC4CC(CC(C4)C2)C3)c1.c1ccc(P(c2ccccc2)c2ccc[cH-]2)cc1. The molecule has 0 N–H and O–H groups in total. The molecule has 0 radical (unpaired) electrons. The van der Waals surface area contributed by atoms with Crippen molar-refractivity contribution < 1.29 is 17.1 Å². The van der Waals surface area contributed by atoms with Crippen molar-refractivity contribution in [3.8, 4) is 0 Å². The van der Waals surface area contributed by atoms with Gasteiger partial charge in [0, 0.05) is 0 Å². The van der Waals surface area contributed by atoms with E-state index in [-0.39, 0.29) is 25.0 Å². The van der Waals surface area contributed by atoms with Gasteiger partial charge in [-0.1, -0.05) is 68.6 Å². The summed E-state index contributed by atoms with van der Waals surface area (Å²) >= 11 is 0. The van der Waals surface area contributed by atoms with E-state index in [9.17, 15) is 0 Å². The van der Waals surface area contributed by atoms with Crippen LogP contribution in [0.4, 0.5) is 0 Å². The molecule has 0 amide bonds. The van der Waals surface area contributed by atoms with E-state index in [0.717, 1.165) is 45.8 Å². The molecule has 12 rings (SSSR count). The topological polar surface area (TPSA) is 0 Å². The smallest absolute Gasteiger partial charge is 0.213 e. The predicted molar refractivity (Wildman–Crippen MR) is 191 cm³/mol. The molecule has 0 nitrogen and oxygen atoms in total. The van der Waals surface area contributed by atoms with Crippen LogP contribution in [0.25, 0.3) is 0 Å². The van der Waals surface area contributed by atoms with E-state index in [1.165, 1.54) is 15.9 Å². The summed E-state index contributed by atoms with van der Waals surface area (Å²) in [6.07, 6.45) is 19.3. The molecule has 8 fully saturated rings. The van der Waals surface area contributed by atoms with Gasteiger partial charge in [0.15, 0.2) is 0 Å². The van der Waals surface area contributed by atoms with Gasteiger partial charge in [-0.15, -0.1) is 10.6 Å². The van der Waals surface area contributed by atoms with Crippen LogP contribution in [0.5, 0.6) is 0 Å². The molecule has 4 aromatic rings. The molecule has 0 unspecified atom stereocenters. The maximum atomic E-state index is 2.57. The standard InChI is InChI=1S/C25H34P.C17H14P.Fe/c1-2-4-23(3-1)26(24-11-17-5-18(12-24)7-19(6-17)13-24)25-14-20-8-21(15-25)10-22(9-20)16-25;1-3-9-15(10-4-1)18(17-13-7-8-14-17)16-11-5-2-6-12-16;/h1-4,17-22H,5-16H2;1-14H;/q2*-1;+2. The van der Waals surface area contributed by atoms with Crippen molar-refractivity contribution >= 4 is 37.1 Å². The average Bonchev–Trinajstić information content (AvgIpc) is 3.73. The second kappa shape index (κ2) is 12.5. The minimum Gasteiger partial charge on any atom is -0.213 e. The second-order valence-corrected chi connectivity index (χ2v) is 21.2. The molecule has 234 valence electrons. The van der Waals surface area contributed by atoms with E-state index in [4.69, 9.17) is 0 Å². The van der Waals surface area contributed by atoms with Crippen LogP contribution in [0.3, 0.4) is 0 Å². The fraction of sp³-hybridized carbons (Fsp3) is 0.476. The predicted octanol–water partition coefficient (Wildman–Crippen LogP) is 9.61. The molecule has 8 bridgehead atoms. The third-order valence-electron chi connectivity index (χ3n) is 12.8. The Balaban J connectivity index is 0.000000140. The van der Waals surface area contributed by atoms with E-state index in [1.54, 1.807) is 77.0 Å². The van der Waals surface area contributed by atoms with Crippen molar-refractivity contribution in [1.82, 2.24) is 0 Å². The minimum atomic E-state index is -0.409. The van der Waals surface area contributed by atoms with Gasteiger partial charge in [-0.3, -0.25) is 0 Å². The third-order valence-corrected chi connectivity index (χ3v) is 19.0. The second-order valence-electron chi connectivity index (χ2n) is 15.9. The summed E-state index contributed by atoms with van der Waals surface area (Å²) in [4.78, 5) is 0. The Labute approximate surface area is 284 Å². The molecule has 0 spiro atoms. The summed E-state index contributed by atoms with van der Waals surface area (Å²) in [6.45, 7) is 0. The zero-order valence-corrected chi connectivity index (χ0v) is 29.5. The summed E-state index contributed by atoms with van der Waals surface area (Å²) in [7, 11) is -0.376. The van der Waals surface area contributed by atoms with E-state index < -0.39 is 7.92 Å². The maximum absolute atomic E-state index is 2.57. The molecule has 45 heavy (non-hydrogen) atoms. The van der Waals surface area contributed by atoms with Gasteiger partial charge in [0.2, 0.25) is 0 Å². The van der Waals surface area contributed by atoms with E-state index in [2.05, 4.69) is 109 Å². The molecule has 0 heterocycles. The average molecular weight is 671 g/mol. The van der Waals surface area contributed by atoms with Crippen molar-refractivity contribution in [3.05, 3.63) is 109 Å². The molecule has 0 atom stereocenters. The van der Waals surface area contributed by atoms with Gasteiger partial charge >= 0.3 is 17.1 Å². The van der Waals surface area contributed by atoms with Gasteiger partial charge in [0.05, 0.1) is 0 Å². The van der Waals surface area contributed by atoms with Gasteiger partial charge in [-0.2, -0.15) is 24.3 Å². The number of benzene rings is 2. The minimum absolute atomic E-state index is 0. The van der Waals surface area contributed by atoms with E-state index in [0.29, 0.717) is 0 Å². The number of rotatable bonds is 6. The Morgan fingerprint density at radius 1 is 0.444 bits per heavy atom. The maximum Gasteiger partial charge on any atom is 2.00 e. The fourth-order valence-electron chi connectivity index (χ4n) is 12.4. The van der Waals surface area contributed by atoms with Crippen LogP contribution < -0.4 is 21.2 Å². The van der Waals surface area contributed by atoms with Crippen LogP contribution >= 0.6 is 15.8 Å². The first-order valence-corrected chi connectivity index (χ1v) is 20.5. The van der Waals surface area contributed by atoms with Crippen molar-refractivity contribution in [2.75, 3.05) is 0 Å². The normalized spacial score (nSPS) is 35.9. The first-order chi connectivity index (χ1) is 21.6. The Morgan fingerprint density at radius 2 is 0.800 bits per heavy atom. The zero-order valence-electron chi connectivity index (χ0n) is 26.6. The van der Waals surface area contributed by atoms with Crippen LogP contribution in [0.15, 0.2) is 109 Å². The molecule has 0 aliphatic heterocycles. The Morgan fingerprint density at radius 3 is 1.13 bits per heavy atom. The van der Waals surface area contributed by atoms with Crippen molar-refractivity contribution in [3.63, 3.8) is 0 Å². The molecule has 0 aromatic heterocycles. The Bertz CT molecular complexity index is 1370. The van der Waals surface area contributed by atoms with Crippen LogP contribution in [0.1, 0.15) is 77.0 Å². The molecule has 4 aromatic carbocycles. The molecule has 8 aliphatic rings. The van der Waals surface area contributed by atoms with Crippen molar-refractivity contribution in [2.24, 2.45) is 35.5 Å². The Hall–Kier alpha value is -1.48. The van der Waals surface area contributed by atoms with Gasteiger partial charge in [0.1, 0.15) is 0 Å². The quantitative estimate of drug-likeness (QED) is 0.109. The van der Waals surface area contributed by atoms with Gasteiger partial charge in [-0.05, 0) is 141 Å². The third kappa shape index (κ3) is 5.72. The first kappa shape index (κ1) is 30.8. The summed E-state index contributed by atoms with van der Waals surface area (Å²) in [5.74, 6) is 6.64. The fourth-order valence-corrected chi connectivity index (χ4v) is 19.9. The van der Waals surface area contributed by atoms with Gasteiger partial charge in [-0.25, -0.2) is 24.3 Å². The summed E-state index contributed by atoms with van der Waals surface area (Å²) in [6, 6.07) is 40.1. The van der Waals surface area contributed by atoms with Crippen LogP contribution in [-0.4, -0.2) is 10.3 Å². The largest absolute Gasteiger partial charge is 2.00 e. The van der Waals surface area contributed by atoms with Crippen LogP contribution in [0, 0.1) is 35.5 Å². The van der Waals surface area contributed by atoms with Crippen molar-refractivity contribution in [2.45, 2.75) is 87.4 Å². The van der Waals surface area contributed by atoms with Crippen molar-refractivity contribution in [1.29, 1.82) is 0 Å². The molecule has 8 saturated carbocycles. The van der Waals surface area contributed by atoms with Crippen LogP contribution in [-0.2, 0) is 17.1 Å². The zero-order chi connectivity index (χ0) is 29.1. The molecule has 0 saturated heterocycles. The number of hydrogen-bond acceptors (Lipinski definition) is 0. The number of hydrogen-bond donors (Lipinski definition) is 0. The van der Waals surface area contributed by atoms with E-state index >= 15 is 0 Å². The molecule has 8 aliphatic carbocycles. The summed E-state index contributed by atoms with van der Waals surface area (Å²) < 4.78 is 0. The molecular weight excluding hydrogens is 622 g/mol. The first-order valence-electron chi connectivity index (χ1n) is 17.8. The molecular formula is C42H48FeP2. The Kier molecular flexibility index (Phi) is 8.58. The molecule has 3 heteroatoms. The van der Waals surface area contributed by atoms with Gasteiger partial charge in [0.25, 0.3) is 0 Å². The monoisotopic (exact) mass is 670 g/mol. The van der Waals surface area contributed by atoms with E-state index in [1.807, 2.05) is 5.30 Å².